The van der Waals surface area contributed by atoms with Crippen molar-refractivity contribution in [3.05, 3.63) is 35.4 Å². The second kappa shape index (κ2) is 6.65. The number of hydrogen-bond donors (Lipinski definition) is 2. The summed E-state index contributed by atoms with van der Waals surface area (Å²) in [7, 11) is 1.62. The molecule has 19 heavy (non-hydrogen) atoms. The van der Waals surface area contributed by atoms with E-state index in [-0.39, 0.29) is 24.7 Å². The van der Waals surface area contributed by atoms with Crippen LogP contribution in [-0.4, -0.2) is 43.5 Å². The third kappa shape index (κ3) is 3.53. The van der Waals surface area contributed by atoms with Crippen molar-refractivity contribution in [2.75, 3.05) is 20.3 Å². The van der Waals surface area contributed by atoms with Gasteiger partial charge in [-0.25, -0.2) is 0 Å². The van der Waals surface area contributed by atoms with Gasteiger partial charge in [0.2, 0.25) is 0 Å². The van der Waals surface area contributed by atoms with Crippen molar-refractivity contribution in [2.45, 2.75) is 25.2 Å². The molecule has 0 bridgehead atoms. The Labute approximate surface area is 112 Å². The van der Waals surface area contributed by atoms with Gasteiger partial charge in [-0.2, -0.15) is 0 Å². The summed E-state index contributed by atoms with van der Waals surface area (Å²) in [5.74, 6) is -0.126. The van der Waals surface area contributed by atoms with E-state index < -0.39 is 0 Å². The van der Waals surface area contributed by atoms with Crippen LogP contribution in [0.1, 0.15) is 22.3 Å². The highest BCUT2D eigenvalue weighted by atomic mass is 16.5. The fourth-order valence-electron chi connectivity index (χ4n) is 2.12. The first kappa shape index (κ1) is 14.0. The van der Waals surface area contributed by atoms with Gasteiger partial charge in [0.25, 0.3) is 5.91 Å². The van der Waals surface area contributed by atoms with Crippen LogP contribution in [0.3, 0.4) is 0 Å². The highest BCUT2D eigenvalue weighted by molar-refractivity contribution is 5.94. The van der Waals surface area contributed by atoms with E-state index in [1.165, 1.54) is 0 Å². The molecule has 1 aromatic carbocycles. The van der Waals surface area contributed by atoms with E-state index in [0.29, 0.717) is 18.8 Å². The van der Waals surface area contributed by atoms with Crippen LogP contribution >= 0.6 is 0 Å². The number of amides is 1. The number of nitrogens with one attached hydrogen (secondary N) is 1. The molecule has 1 saturated heterocycles. The molecule has 0 aliphatic carbocycles. The lowest BCUT2D eigenvalue weighted by Crippen LogP contribution is -2.49. The van der Waals surface area contributed by atoms with Crippen LogP contribution in [0.4, 0.5) is 0 Å². The molecule has 104 valence electrons. The van der Waals surface area contributed by atoms with Gasteiger partial charge < -0.3 is 19.9 Å². The lowest BCUT2D eigenvalue weighted by molar-refractivity contribution is -0.0479. The number of aliphatic hydroxyl groups excluding tert-OH is 1. The summed E-state index contributed by atoms with van der Waals surface area (Å²) in [6.07, 6.45) is 0.647. The minimum absolute atomic E-state index is 0.0202. The number of ether oxygens (including phenoxy) is 2. The minimum atomic E-state index is -0.126. The van der Waals surface area contributed by atoms with Crippen LogP contribution in [0.2, 0.25) is 0 Å². The van der Waals surface area contributed by atoms with Crippen molar-refractivity contribution in [1.29, 1.82) is 0 Å². The molecule has 1 fully saturated rings. The van der Waals surface area contributed by atoms with Crippen LogP contribution in [0, 0.1) is 0 Å². The molecule has 0 radical (unpaired) electrons. The summed E-state index contributed by atoms with van der Waals surface area (Å²) >= 11 is 0. The summed E-state index contributed by atoms with van der Waals surface area (Å²) in [6.45, 7) is 1.12. The molecule has 2 rings (SSSR count). The first-order chi connectivity index (χ1) is 9.24. The number of benzene rings is 1. The molecular formula is C14H19NO4. The molecule has 1 aromatic rings. The maximum atomic E-state index is 12.1. The maximum absolute atomic E-state index is 12.1. The zero-order chi connectivity index (χ0) is 13.7. The molecule has 1 aliphatic heterocycles. The quantitative estimate of drug-likeness (QED) is 0.841. The van der Waals surface area contributed by atoms with Crippen molar-refractivity contribution in [3.8, 4) is 0 Å². The number of carbonyl (C=O) groups excluding carboxylic acids is 1. The number of hydrogen-bond acceptors (Lipinski definition) is 4. The fourth-order valence-corrected chi connectivity index (χ4v) is 2.12. The molecule has 1 amide bonds. The first-order valence-electron chi connectivity index (χ1n) is 6.36. The number of rotatable bonds is 4. The van der Waals surface area contributed by atoms with Gasteiger partial charge in [-0.3, -0.25) is 4.79 Å². The molecular weight excluding hydrogens is 246 g/mol. The molecule has 2 N–H and O–H groups in total. The van der Waals surface area contributed by atoms with Crippen molar-refractivity contribution in [3.63, 3.8) is 0 Å². The van der Waals surface area contributed by atoms with E-state index in [1.807, 2.05) is 0 Å². The Balaban J connectivity index is 1.98. The monoisotopic (exact) mass is 265 g/mol. The Morgan fingerprint density at radius 3 is 2.84 bits per heavy atom. The normalized spacial score (nSPS) is 23.1. The summed E-state index contributed by atoms with van der Waals surface area (Å²) in [5.41, 5.74) is 1.37. The Morgan fingerprint density at radius 2 is 2.21 bits per heavy atom. The van der Waals surface area contributed by atoms with E-state index in [2.05, 4.69) is 5.32 Å². The molecule has 0 unspecified atom stereocenters. The Hall–Kier alpha value is -1.43. The molecule has 0 aromatic heterocycles. The van der Waals surface area contributed by atoms with Gasteiger partial charge in [-0.1, -0.05) is 12.1 Å². The lowest BCUT2D eigenvalue weighted by atomic mass is 10.0. The van der Waals surface area contributed by atoms with Gasteiger partial charge in [0, 0.05) is 19.3 Å². The SMILES string of the molecule is CO[C@@H]1COCC[C@H]1NC(=O)c1ccc(CO)cc1. The summed E-state index contributed by atoms with van der Waals surface area (Å²) < 4.78 is 10.6. The predicted octanol–water partition coefficient (Wildman–Crippen LogP) is 0.713. The van der Waals surface area contributed by atoms with Crippen molar-refractivity contribution < 1.29 is 19.4 Å². The largest absolute Gasteiger partial charge is 0.392 e. The Bertz CT molecular complexity index is 418. The average Bonchev–Trinajstić information content (AvgIpc) is 2.48. The smallest absolute Gasteiger partial charge is 0.251 e. The van der Waals surface area contributed by atoms with E-state index in [9.17, 15) is 4.79 Å². The second-order valence-corrected chi connectivity index (χ2v) is 4.57. The summed E-state index contributed by atoms with van der Waals surface area (Å²) in [4.78, 5) is 12.1. The highest BCUT2D eigenvalue weighted by Gasteiger charge is 2.27. The van der Waals surface area contributed by atoms with E-state index in [4.69, 9.17) is 14.6 Å². The van der Waals surface area contributed by atoms with Gasteiger partial charge in [0.15, 0.2) is 0 Å². The molecule has 5 nitrogen and oxygen atoms in total. The van der Waals surface area contributed by atoms with Gasteiger partial charge in [-0.15, -0.1) is 0 Å². The third-order valence-corrected chi connectivity index (χ3v) is 3.32. The van der Waals surface area contributed by atoms with Crippen molar-refractivity contribution >= 4 is 5.91 Å². The van der Waals surface area contributed by atoms with Crippen molar-refractivity contribution in [2.24, 2.45) is 0 Å². The third-order valence-electron chi connectivity index (χ3n) is 3.32. The van der Waals surface area contributed by atoms with Crippen LogP contribution in [0.25, 0.3) is 0 Å². The zero-order valence-corrected chi connectivity index (χ0v) is 11.0. The van der Waals surface area contributed by atoms with Crippen LogP contribution < -0.4 is 5.32 Å². The van der Waals surface area contributed by atoms with E-state index in [1.54, 1.807) is 31.4 Å². The van der Waals surface area contributed by atoms with Crippen LogP contribution in [-0.2, 0) is 16.1 Å². The maximum Gasteiger partial charge on any atom is 0.251 e. The number of carbonyl (C=O) groups is 1. The Kier molecular flexibility index (Phi) is 4.90. The zero-order valence-electron chi connectivity index (χ0n) is 11.0. The van der Waals surface area contributed by atoms with Gasteiger partial charge in [-0.05, 0) is 24.1 Å². The standard InChI is InChI=1S/C14H19NO4/c1-18-13-9-19-7-6-12(13)15-14(17)11-4-2-10(8-16)3-5-11/h2-5,12-13,16H,6-9H2,1H3,(H,15,17)/t12-,13-/m1/s1. The topological polar surface area (TPSA) is 67.8 Å². The first-order valence-corrected chi connectivity index (χ1v) is 6.36. The predicted molar refractivity (Wildman–Crippen MR) is 69.9 cm³/mol. The molecule has 2 atom stereocenters. The summed E-state index contributed by atoms with van der Waals surface area (Å²) in [5, 5.41) is 11.9. The molecule has 1 heterocycles. The molecule has 0 spiro atoms. The van der Waals surface area contributed by atoms with Gasteiger partial charge in [0.05, 0.1) is 19.3 Å². The number of aliphatic hydroxyl groups is 1. The van der Waals surface area contributed by atoms with Gasteiger partial charge in [0.1, 0.15) is 6.10 Å². The van der Waals surface area contributed by atoms with E-state index >= 15 is 0 Å². The van der Waals surface area contributed by atoms with E-state index in [0.717, 1.165) is 12.0 Å². The molecule has 0 saturated carbocycles. The van der Waals surface area contributed by atoms with Crippen LogP contribution in [0.15, 0.2) is 24.3 Å². The fraction of sp³-hybridized carbons (Fsp3) is 0.500. The van der Waals surface area contributed by atoms with Crippen LogP contribution in [0.5, 0.6) is 0 Å². The summed E-state index contributed by atoms with van der Waals surface area (Å²) in [6, 6.07) is 6.88. The number of methoxy groups -OCH3 is 1. The lowest BCUT2D eigenvalue weighted by Gasteiger charge is -2.31. The Morgan fingerprint density at radius 1 is 1.47 bits per heavy atom. The highest BCUT2D eigenvalue weighted by Crippen LogP contribution is 2.12. The van der Waals surface area contributed by atoms with Gasteiger partial charge >= 0.3 is 0 Å². The molecule has 5 heteroatoms. The second-order valence-electron chi connectivity index (χ2n) is 4.57. The average molecular weight is 265 g/mol. The minimum Gasteiger partial charge on any atom is -0.392 e. The molecule has 1 aliphatic rings. The van der Waals surface area contributed by atoms with Crippen molar-refractivity contribution in [1.82, 2.24) is 5.32 Å².